The molecule has 31 heavy (non-hydrogen) atoms. The fraction of sp³-hybridized carbons (Fsp3) is 0.435. The first-order valence-corrected chi connectivity index (χ1v) is 12.9. The summed E-state index contributed by atoms with van der Waals surface area (Å²) in [6.07, 6.45) is 5.99. The van der Waals surface area contributed by atoms with Gasteiger partial charge in [-0.05, 0) is 68.4 Å². The van der Waals surface area contributed by atoms with Crippen LogP contribution in [-0.4, -0.2) is 27.3 Å². The number of fused-ring (bicyclic) bond motifs is 3. The number of aromatic nitrogens is 2. The number of benzene rings is 1. The highest BCUT2D eigenvalue weighted by Gasteiger charge is 2.23. The van der Waals surface area contributed by atoms with Crippen LogP contribution in [0.25, 0.3) is 15.9 Å². The molecule has 1 amide bonds. The Morgan fingerprint density at radius 3 is 2.65 bits per heavy atom. The summed E-state index contributed by atoms with van der Waals surface area (Å²) < 4.78 is 1.63. The van der Waals surface area contributed by atoms with Crippen molar-refractivity contribution in [3.8, 4) is 5.69 Å². The zero-order valence-corrected chi connectivity index (χ0v) is 20.1. The van der Waals surface area contributed by atoms with E-state index in [4.69, 9.17) is 16.6 Å². The number of thiophene rings is 1. The SMILES string of the molecule is CCC(CC)NC(=O)CSc1nc2sc3c(c2c(=O)n1-c1ccc(Cl)cc1)CCCC3. The number of halogens is 1. The van der Waals surface area contributed by atoms with E-state index in [1.807, 2.05) is 12.1 Å². The van der Waals surface area contributed by atoms with Crippen molar-refractivity contribution in [2.24, 2.45) is 0 Å². The first-order chi connectivity index (χ1) is 15.0. The molecule has 1 N–H and O–H groups in total. The van der Waals surface area contributed by atoms with Crippen LogP contribution in [-0.2, 0) is 17.6 Å². The molecule has 2 aromatic heterocycles. The third-order valence-corrected chi connectivity index (χ3v) is 8.10. The molecule has 0 fully saturated rings. The second-order valence-electron chi connectivity index (χ2n) is 7.77. The molecule has 0 unspecified atom stereocenters. The highest BCUT2D eigenvalue weighted by Crippen LogP contribution is 2.35. The number of amides is 1. The molecule has 1 aromatic carbocycles. The minimum absolute atomic E-state index is 0.0406. The van der Waals surface area contributed by atoms with E-state index in [2.05, 4.69) is 19.2 Å². The van der Waals surface area contributed by atoms with Gasteiger partial charge in [-0.25, -0.2) is 4.98 Å². The molecule has 0 saturated heterocycles. The minimum Gasteiger partial charge on any atom is -0.353 e. The number of nitrogens with one attached hydrogen (secondary N) is 1. The summed E-state index contributed by atoms with van der Waals surface area (Å²) in [5.74, 6) is 0.175. The van der Waals surface area contributed by atoms with Gasteiger partial charge in [-0.2, -0.15) is 0 Å². The van der Waals surface area contributed by atoms with Crippen LogP contribution in [0.3, 0.4) is 0 Å². The maximum absolute atomic E-state index is 13.7. The summed E-state index contributed by atoms with van der Waals surface area (Å²) in [6.45, 7) is 4.13. The van der Waals surface area contributed by atoms with Crippen molar-refractivity contribution in [3.05, 3.63) is 50.1 Å². The smallest absolute Gasteiger partial charge is 0.267 e. The first-order valence-electron chi connectivity index (χ1n) is 10.8. The van der Waals surface area contributed by atoms with Crippen molar-refractivity contribution in [2.45, 2.75) is 63.6 Å². The van der Waals surface area contributed by atoms with Gasteiger partial charge in [0.1, 0.15) is 4.83 Å². The molecule has 164 valence electrons. The van der Waals surface area contributed by atoms with E-state index in [0.29, 0.717) is 15.9 Å². The molecular weight excluding hydrogens is 450 g/mol. The van der Waals surface area contributed by atoms with Gasteiger partial charge in [-0.15, -0.1) is 11.3 Å². The molecule has 5 nitrogen and oxygen atoms in total. The Balaban J connectivity index is 1.76. The lowest BCUT2D eigenvalue weighted by molar-refractivity contribution is -0.119. The summed E-state index contributed by atoms with van der Waals surface area (Å²) >= 11 is 9.00. The maximum atomic E-state index is 13.7. The van der Waals surface area contributed by atoms with Gasteiger partial charge in [0.15, 0.2) is 5.16 Å². The van der Waals surface area contributed by atoms with E-state index in [1.54, 1.807) is 28.0 Å². The molecule has 0 bridgehead atoms. The van der Waals surface area contributed by atoms with Gasteiger partial charge in [-0.3, -0.25) is 14.2 Å². The summed E-state index contributed by atoms with van der Waals surface area (Å²) in [6, 6.07) is 7.36. The van der Waals surface area contributed by atoms with Crippen LogP contribution in [0.4, 0.5) is 0 Å². The molecule has 3 aromatic rings. The summed E-state index contributed by atoms with van der Waals surface area (Å²) in [7, 11) is 0. The predicted molar refractivity (Wildman–Crippen MR) is 130 cm³/mol. The second kappa shape index (κ2) is 9.76. The molecule has 8 heteroatoms. The van der Waals surface area contributed by atoms with Gasteiger partial charge in [0, 0.05) is 15.9 Å². The zero-order valence-electron chi connectivity index (χ0n) is 17.7. The molecule has 4 rings (SSSR count). The van der Waals surface area contributed by atoms with E-state index in [-0.39, 0.29) is 23.3 Å². The topological polar surface area (TPSA) is 64.0 Å². The number of rotatable bonds is 7. The van der Waals surface area contributed by atoms with Crippen LogP contribution >= 0.6 is 34.7 Å². The van der Waals surface area contributed by atoms with Crippen molar-refractivity contribution in [1.29, 1.82) is 0 Å². The molecule has 2 heterocycles. The fourth-order valence-corrected chi connectivity index (χ4v) is 6.25. The summed E-state index contributed by atoms with van der Waals surface area (Å²) in [5, 5.41) is 4.94. The molecule has 0 aliphatic heterocycles. The Kier molecular flexibility index (Phi) is 7.04. The lowest BCUT2D eigenvalue weighted by Crippen LogP contribution is -2.35. The molecule has 0 atom stereocenters. The highest BCUT2D eigenvalue weighted by molar-refractivity contribution is 7.99. The number of nitrogens with zero attached hydrogens (tertiary/aromatic N) is 2. The van der Waals surface area contributed by atoms with Gasteiger partial charge in [0.25, 0.3) is 5.56 Å². The van der Waals surface area contributed by atoms with Gasteiger partial charge in [0.2, 0.25) is 5.91 Å². The van der Waals surface area contributed by atoms with Gasteiger partial charge < -0.3 is 5.32 Å². The van der Waals surface area contributed by atoms with Crippen molar-refractivity contribution in [3.63, 3.8) is 0 Å². The molecule has 0 radical (unpaired) electrons. The van der Waals surface area contributed by atoms with E-state index in [0.717, 1.165) is 54.3 Å². The lowest BCUT2D eigenvalue weighted by atomic mass is 9.97. The lowest BCUT2D eigenvalue weighted by Gasteiger charge is -2.16. The van der Waals surface area contributed by atoms with E-state index < -0.39 is 0 Å². The summed E-state index contributed by atoms with van der Waals surface area (Å²) in [4.78, 5) is 33.1. The largest absolute Gasteiger partial charge is 0.353 e. The quantitative estimate of drug-likeness (QED) is 0.368. The average molecular weight is 476 g/mol. The molecule has 0 saturated carbocycles. The average Bonchev–Trinajstić information content (AvgIpc) is 3.15. The molecule has 1 aliphatic carbocycles. The Morgan fingerprint density at radius 2 is 1.94 bits per heavy atom. The monoisotopic (exact) mass is 475 g/mol. The zero-order chi connectivity index (χ0) is 22.0. The standard InChI is InChI=1S/C23H26ClN3O2S2/c1-3-15(4-2)25-19(28)13-30-23-26-21-20(17-7-5-6-8-18(17)31-21)22(29)27(23)16-11-9-14(24)10-12-16/h9-12,15H,3-8,13H2,1-2H3,(H,25,28). The Hall–Kier alpha value is -1.83. The van der Waals surface area contributed by atoms with Gasteiger partial charge >= 0.3 is 0 Å². The van der Waals surface area contributed by atoms with E-state index >= 15 is 0 Å². The second-order valence-corrected chi connectivity index (χ2v) is 10.2. The van der Waals surface area contributed by atoms with Crippen molar-refractivity contribution < 1.29 is 4.79 Å². The fourth-order valence-electron chi connectivity index (χ4n) is 3.99. The van der Waals surface area contributed by atoms with Crippen LogP contribution in [0.2, 0.25) is 5.02 Å². The number of aryl methyl sites for hydroxylation is 2. The first kappa shape index (κ1) is 22.4. The van der Waals surface area contributed by atoms with Crippen LogP contribution in [0.5, 0.6) is 0 Å². The van der Waals surface area contributed by atoms with Crippen LogP contribution in [0.15, 0.2) is 34.2 Å². The van der Waals surface area contributed by atoms with Crippen LogP contribution < -0.4 is 10.9 Å². The van der Waals surface area contributed by atoms with Crippen LogP contribution in [0.1, 0.15) is 50.0 Å². The van der Waals surface area contributed by atoms with Crippen LogP contribution in [0, 0.1) is 0 Å². The number of hydrogen-bond donors (Lipinski definition) is 1. The van der Waals surface area contributed by atoms with Gasteiger partial charge in [0.05, 0.1) is 16.8 Å². The van der Waals surface area contributed by atoms with E-state index in [9.17, 15) is 9.59 Å². The number of carbonyl (C=O) groups is 1. The van der Waals surface area contributed by atoms with Crippen molar-refractivity contribution in [1.82, 2.24) is 14.9 Å². The van der Waals surface area contributed by atoms with Crippen molar-refractivity contribution in [2.75, 3.05) is 5.75 Å². The molecule has 1 aliphatic rings. The number of thioether (sulfide) groups is 1. The molecular formula is C23H26ClN3O2S2. The highest BCUT2D eigenvalue weighted by atomic mass is 35.5. The predicted octanol–water partition coefficient (Wildman–Crippen LogP) is 5.38. The third kappa shape index (κ3) is 4.69. The van der Waals surface area contributed by atoms with E-state index in [1.165, 1.54) is 16.6 Å². The van der Waals surface area contributed by atoms with Gasteiger partial charge in [-0.1, -0.05) is 37.2 Å². The van der Waals surface area contributed by atoms with Crippen molar-refractivity contribution >= 4 is 50.8 Å². The normalized spacial score (nSPS) is 13.5. The molecule has 0 spiro atoms. The summed E-state index contributed by atoms with van der Waals surface area (Å²) in [5.41, 5.74) is 1.81. The Bertz CT molecular complexity index is 1150. The number of carbonyl (C=O) groups excluding carboxylic acids is 1. The third-order valence-electron chi connectivity index (χ3n) is 5.73. The minimum atomic E-state index is -0.0605. The number of hydrogen-bond acceptors (Lipinski definition) is 5. The Morgan fingerprint density at radius 1 is 1.23 bits per heavy atom. The maximum Gasteiger partial charge on any atom is 0.267 e. The Labute approximate surface area is 195 Å².